The van der Waals surface area contributed by atoms with Crippen molar-refractivity contribution in [3.63, 3.8) is 0 Å². The number of nitrogens with one attached hydrogen (secondary N) is 1. The lowest BCUT2D eigenvalue weighted by atomic mass is 10.1. The summed E-state index contributed by atoms with van der Waals surface area (Å²) in [5.41, 5.74) is 1.26. The molecule has 1 atom stereocenters. The van der Waals surface area contributed by atoms with E-state index in [0.29, 0.717) is 11.4 Å². The van der Waals surface area contributed by atoms with Gasteiger partial charge >= 0.3 is 12.0 Å². The van der Waals surface area contributed by atoms with E-state index in [2.05, 4.69) is 15.5 Å². The van der Waals surface area contributed by atoms with Gasteiger partial charge in [-0.2, -0.15) is 0 Å². The number of urea groups is 1. The lowest BCUT2D eigenvalue weighted by Crippen LogP contribution is -2.40. The summed E-state index contributed by atoms with van der Waals surface area (Å²) in [6, 6.07) is 13.8. The largest absolute Gasteiger partial charge is 0.497 e. The number of carboxylic acid groups (broad SMARTS) is 1. The Morgan fingerprint density at radius 3 is 2.38 bits per heavy atom. The number of hydrogen-bond acceptors (Lipinski definition) is 4. The zero-order chi connectivity index (χ0) is 17.4. The number of carbonyl (C=O) groups excluding carboxylic acids is 1. The van der Waals surface area contributed by atoms with Crippen LogP contribution in [0.1, 0.15) is 5.56 Å². The van der Waals surface area contributed by atoms with Gasteiger partial charge in [-0.25, -0.2) is 9.59 Å². The molecular weight excluding hydrogens is 310 g/mol. The van der Waals surface area contributed by atoms with Gasteiger partial charge in [0.25, 0.3) is 0 Å². The Balaban J connectivity index is 1.97. The van der Waals surface area contributed by atoms with E-state index in [4.69, 9.17) is 4.74 Å². The van der Waals surface area contributed by atoms with E-state index < -0.39 is 18.0 Å². The minimum Gasteiger partial charge on any atom is -0.497 e. The summed E-state index contributed by atoms with van der Waals surface area (Å²) < 4.78 is 5.01. The van der Waals surface area contributed by atoms with Crippen LogP contribution in [0.25, 0.3) is 0 Å². The molecular formula is C17H17N3O4. The van der Waals surface area contributed by atoms with Crippen LogP contribution in [0, 0.1) is 0 Å². The highest BCUT2D eigenvalue weighted by molar-refractivity contribution is 5.83. The Bertz CT molecular complexity index is 714. The zero-order valence-electron chi connectivity index (χ0n) is 13.0. The summed E-state index contributed by atoms with van der Waals surface area (Å²) in [5.74, 6) is -0.473. The topological polar surface area (TPSA) is 100 Å². The first-order chi connectivity index (χ1) is 11.6. The molecule has 0 unspecified atom stereocenters. The normalized spacial score (nSPS) is 11.9. The van der Waals surface area contributed by atoms with Crippen molar-refractivity contribution in [2.45, 2.75) is 12.5 Å². The lowest BCUT2D eigenvalue weighted by molar-refractivity contribution is -0.139. The number of carbonyl (C=O) groups is 2. The summed E-state index contributed by atoms with van der Waals surface area (Å²) in [7, 11) is 1.54. The predicted octanol–water partition coefficient (Wildman–Crippen LogP) is 3.18. The van der Waals surface area contributed by atoms with Crippen LogP contribution >= 0.6 is 0 Å². The fourth-order valence-electron chi connectivity index (χ4n) is 1.98. The van der Waals surface area contributed by atoms with Crippen molar-refractivity contribution in [1.82, 2.24) is 5.32 Å². The van der Waals surface area contributed by atoms with Gasteiger partial charge in [0.2, 0.25) is 0 Å². The predicted molar refractivity (Wildman–Crippen MR) is 87.6 cm³/mol. The lowest BCUT2D eigenvalue weighted by Gasteiger charge is -2.12. The Morgan fingerprint density at radius 2 is 1.79 bits per heavy atom. The van der Waals surface area contributed by atoms with E-state index in [-0.39, 0.29) is 6.42 Å². The molecule has 0 spiro atoms. The number of nitrogens with zero attached hydrogens (tertiary/aromatic N) is 2. The molecule has 7 heteroatoms. The van der Waals surface area contributed by atoms with Gasteiger partial charge in [-0.3, -0.25) is 0 Å². The average molecular weight is 327 g/mol. The Labute approximate surface area is 139 Å². The minimum atomic E-state index is -1.13. The van der Waals surface area contributed by atoms with Crippen LogP contribution in [0.5, 0.6) is 5.75 Å². The van der Waals surface area contributed by atoms with Crippen molar-refractivity contribution in [2.75, 3.05) is 7.11 Å². The highest BCUT2D eigenvalue weighted by Crippen LogP contribution is 2.17. The number of hydrogen-bond donors (Lipinski definition) is 2. The maximum atomic E-state index is 11.8. The van der Waals surface area contributed by atoms with Gasteiger partial charge in [-0.05, 0) is 29.8 Å². The number of carboxylic acids is 1. The quantitative estimate of drug-likeness (QED) is 0.796. The van der Waals surface area contributed by atoms with Crippen molar-refractivity contribution in [3.8, 4) is 5.75 Å². The molecule has 0 aliphatic heterocycles. The molecule has 0 saturated heterocycles. The summed E-state index contributed by atoms with van der Waals surface area (Å²) in [6.07, 6.45) is 0.167. The number of ether oxygens (including phenoxy) is 1. The molecule has 0 saturated carbocycles. The van der Waals surface area contributed by atoms with Crippen molar-refractivity contribution in [3.05, 3.63) is 60.2 Å². The smallest absolute Gasteiger partial charge is 0.360 e. The fourth-order valence-corrected chi connectivity index (χ4v) is 1.98. The van der Waals surface area contributed by atoms with Crippen LogP contribution in [0.15, 0.2) is 64.8 Å². The van der Waals surface area contributed by atoms with Gasteiger partial charge in [-0.1, -0.05) is 35.4 Å². The molecule has 24 heavy (non-hydrogen) atoms. The van der Waals surface area contributed by atoms with Crippen LogP contribution in [0.4, 0.5) is 10.5 Å². The second-order valence-electron chi connectivity index (χ2n) is 4.93. The molecule has 0 aliphatic rings. The van der Waals surface area contributed by atoms with Gasteiger partial charge < -0.3 is 15.2 Å². The van der Waals surface area contributed by atoms with Gasteiger partial charge in [-0.15, -0.1) is 5.11 Å². The third-order valence-corrected chi connectivity index (χ3v) is 3.21. The SMILES string of the molecule is COc1ccc(N=NC(=O)N[C@@H](Cc2ccccc2)C(=O)O)cc1. The number of aliphatic carboxylic acids is 1. The molecule has 0 bridgehead atoms. The molecule has 2 rings (SSSR count). The van der Waals surface area contributed by atoms with Crippen molar-refractivity contribution in [1.29, 1.82) is 0 Å². The minimum absolute atomic E-state index is 0.167. The van der Waals surface area contributed by atoms with Crippen LogP contribution < -0.4 is 10.1 Å². The monoisotopic (exact) mass is 327 g/mol. The molecule has 0 aromatic heterocycles. The van der Waals surface area contributed by atoms with Gasteiger partial charge in [0.15, 0.2) is 0 Å². The van der Waals surface area contributed by atoms with E-state index >= 15 is 0 Å². The first-order valence-electron chi connectivity index (χ1n) is 7.21. The van der Waals surface area contributed by atoms with Gasteiger partial charge in [0.1, 0.15) is 11.8 Å². The second-order valence-corrected chi connectivity index (χ2v) is 4.93. The molecule has 2 amide bonds. The zero-order valence-corrected chi connectivity index (χ0v) is 13.0. The molecule has 2 N–H and O–H groups in total. The van der Waals surface area contributed by atoms with Crippen molar-refractivity contribution < 1.29 is 19.4 Å². The van der Waals surface area contributed by atoms with E-state index in [1.54, 1.807) is 55.6 Å². The van der Waals surface area contributed by atoms with E-state index in [1.807, 2.05) is 6.07 Å². The van der Waals surface area contributed by atoms with Crippen LogP contribution in [0.3, 0.4) is 0 Å². The molecule has 7 nitrogen and oxygen atoms in total. The molecule has 0 aliphatic carbocycles. The summed E-state index contributed by atoms with van der Waals surface area (Å²) in [4.78, 5) is 23.1. The molecule has 0 heterocycles. The van der Waals surface area contributed by atoms with Gasteiger partial charge in [0.05, 0.1) is 12.8 Å². The summed E-state index contributed by atoms with van der Waals surface area (Å²) in [6.45, 7) is 0. The van der Waals surface area contributed by atoms with Crippen LogP contribution in [0.2, 0.25) is 0 Å². The Hall–Kier alpha value is -3.22. The van der Waals surface area contributed by atoms with Crippen molar-refractivity contribution >= 4 is 17.7 Å². The third kappa shape index (κ3) is 5.20. The number of rotatable bonds is 6. The summed E-state index contributed by atoms with van der Waals surface area (Å²) >= 11 is 0. The third-order valence-electron chi connectivity index (χ3n) is 3.21. The maximum absolute atomic E-state index is 11.8. The molecule has 0 fully saturated rings. The Morgan fingerprint density at radius 1 is 1.12 bits per heavy atom. The van der Waals surface area contributed by atoms with E-state index in [0.717, 1.165) is 5.56 Å². The average Bonchev–Trinajstić information content (AvgIpc) is 2.60. The molecule has 124 valence electrons. The van der Waals surface area contributed by atoms with Crippen LogP contribution in [-0.4, -0.2) is 30.3 Å². The molecule has 2 aromatic carbocycles. The molecule has 2 aromatic rings. The molecule has 0 radical (unpaired) electrons. The van der Waals surface area contributed by atoms with E-state index in [9.17, 15) is 14.7 Å². The number of amides is 2. The fraction of sp³-hybridized carbons (Fsp3) is 0.176. The number of benzene rings is 2. The van der Waals surface area contributed by atoms with Crippen molar-refractivity contribution in [2.24, 2.45) is 10.2 Å². The maximum Gasteiger partial charge on any atom is 0.360 e. The van der Waals surface area contributed by atoms with Crippen LogP contribution in [-0.2, 0) is 11.2 Å². The highest BCUT2D eigenvalue weighted by Gasteiger charge is 2.20. The summed E-state index contributed by atoms with van der Waals surface area (Å²) in [5, 5.41) is 18.8. The number of azo groups is 1. The number of methoxy groups -OCH3 is 1. The first kappa shape index (κ1) is 17.1. The highest BCUT2D eigenvalue weighted by atomic mass is 16.5. The Kier molecular flexibility index (Phi) is 6.01. The first-order valence-corrected chi connectivity index (χ1v) is 7.21. The second kappa shape index (κ2) is 8.42. The van der Waals surface area contributed by atoms with Gasteiger partial charge in [0, 0.05) is 6.42 Å². The van der Waals surface area contributed by atoms with E-state index in [1.165, 1.54) is 0 Å². The standard InChI is InChI=1S/C17H17N3O4/c1-24-14-9-7-13(8-10-14)19-20-17(23)18-15(16(21)22)11-12-5-3-2-4-6-12/h2-10,15H,11H2,1H3,(H,18,23)(H,21,22)/t15-/m0/s1.